The number of nitrogens with one attached hydrogen (secondary N) is 1. The van der Waals surface area contributed by atoms with Gasteiger partial charge < -0.3 is 16.2 Å². The lowest BCUT2D eigenvalue weighted by atomic mass is 10.0. The van der Waals surface area contributed by atoms with Crippen LogP contribution in [0.4, 0.5) is 11.8 Å². The van der Waals surface area contributed by atoms with E-state index < -0.39 is 0 Å². The van der Waals surface area contributed by atoms with Crippen LogP contribution < -0.4 is 11.1 Å². The summed E-state index contributed by atoms with van der Waals surface area (Å²) >= 11 is 0. The number of aromatic nitrogens is 3. The summed E-state index contributed by atoms with van der Waals surface area (Å²) < 4.78 is 0. The van der Waals surface area contributed by atoms with E-state index in [0.29, 0.717) is 22.7 Å². The van der Waals surface area contributed by atoms with Gasteiger partial charge in [0.05, 0.1) is 10.9 Å². The summed E-state index contributed by atoms with van der Waals surface area (Å²) in [5.41, 5.74) is 8.96. The summed E-state index contributed by atoms with van der Waals surface area (Å²) in [6.07, 6.45) is 3.35. The van der Waals surface area contributed by atoms with E-state index in [0.717, 1.165) is 16.7 Å². The monoisotopic (exact) mass is 323 g/mol. The molecule has 3 aromatic rings. The van der Waals surface area contributed by atoms with Crippen molar-refractivity contribution < 1.29 is 5.11 Å². The highest BCUT2D eigenvalue weighted by atomic mass is 16.3. The molecular formula is C18H21N5O. The van der Waals surface area contributed by atoms with Gasteiger partial charge in [-0.05, 0) is 44.9 Å². The highest BCUT2D eigenvalue weighted by Gasteiger charge is 2.15. The first kappa shape index (κ1) is 16.0. The molecule has 0 unspecified atom stereocenters. The Labute approximate surface area is 140 Å². The van der Waals surface area contributed by atoms with Crippen molar-refractivity contribution in [1.82, 2.24) is 15.0 Å². The average Bonchev–Trinajstić information content (AvgIpc) is 2.49. The maximum atomic E-state index is 10.0. The van der Waals surface area contributed by atoms with Crippen LogP contribution in [0.3, 0.4) is 0 Å². The molecule has 0 saturated carbocycles. The van der Waals surface area contributed by atoms with Crippen molar-refractivity contribution in [3.8, 4) is 16.9 Å². The fourth-order valence-electron chi connectivity index (χ4n) is 2.42. The molecule has 24 heavy (non-hydrogen) atoms. The topological polar surface area (TPSA) is 97.0 Å². The summed E-state index contributed by atoms with van der Waals surface area (Å²) in [4.78, 5) is 13.2. The van der Waals surface area contributed by atoms with Crippen LogP contribution in [0.25, 0.3) is 22.0 Å². The second-order valence-corrected chi connectivity index (χ2v) is 6.89. The second-order valence-electron chi connectivity index (χ2n) is 6.89. The van der Waals surface area contributed by atoms with Gasteiger partial charge in [0.1, 0.15) is 11.6 Å². The Morgan fingerprint density at radius 2 is 1.88 bits per heavy atom. The van der Waals surface area contributed by atoms with Crippen molar-refractivity contribution in [2.24, 2.45) is 0 Å². The van der Waals surface area contributed by atoms with Crippen molar-refractivity contribution in [2.45, 2.75) is 33.2 Å². The van der Waals surface area contributed by atoms with E-state index >= 15 is 0 Å². The number of aromatic hydroxyl groups is 1. The number of pyridine rings is 1. The third-order valence-corrected chi connectivity index (χ3v) is 3.66. The first-order valence-electron chi connectivity index (χ1n) is 7.74. The lowest BCUT2D eigenvalue weighted by Gasteiger charge is -2.20. The Morgan fingerprint density at radius 3 is 2.54 bits per heavy atom. The summed E-state index contributed by atoms with van der Waals surface area (Å²) in [5, 5.41) is 14.0. The molecule has 0 saturated heterocycles. The summed E-state index contributed by atoms with van der Waals surface area (Å²) in [6.45, 7) is 7.98. The fraction of sp³-hybridized carbons (Fsp3) is 0.278. The van der Waals surface area contributed by atoms with Gasteiger partial charge in [-0.3, -0.25) is 0 Å². The van der Waals surface area contributed by atoms with E-state index in [4.69, 9.17) is 5.73 Å². The van der Waals surface area contributed by atoms with Crippen LogP contribution in [0.15, 0.2) is 30.6 Å². The van der Waals surface area contributed by atoms with Gasteiger partial charge >= 0.3 is 0 Å². The summed E-state index contributed by atoms with van der Waals surface area (Å²) in [6, 6.07) is 5.50. The Bertz CT molecular complexity index is 915. The van der Waals surface area contributed by atoms with Crippen LogP contribution >= 0.6 is 0 Å². The molecular weight excluding hydrogens is 302 g/mol. The zero-order valence-corrected chi connectivity index (χ0v) is 14.3. The second kappa shape index (κ2) is 5.63. The largest absolute Gasteiger partial charge is 0.508 e. The Balaban J connectivity index is 2.21. The number of rotatable bonds is 2. The number of anilines is 2. The zero-order chi connectivity index (χ0) is 17.5. The first-order chi connectivity index (χ1) is 11.2. The molecule has 0 bridgehead atoms. The highest BCUT2D eigenvalue weighted by Crippen LogP contribution is 2.32. The van der Waals surface area contributed by atoms with Crippen LogP contribution in [-0.2, 0) is 0 Å². The Hall–Kier alpha value is -2.89. The predicted octanol–water partition coefficient (Wildman–Crippen LogP) is 3.50. The van der Waals surface area contributed by atoms with Crippen molar-refractivity contribution in [3.63, 3.8) is 0 Å². The van der Waals surface area contributed by atoms with Crippen molar-refractivity contribution in [2.75, 3.05) is 11.1 Å². The van der Waals surface area contributed by atoms with E-state index in [1.807, 2.05) is 39.8 Å². The highest BCUT2D eigenvalue weighted by molar-refractivity contribution is 5.98. The first-order valence-corrected chi connectivity index (χ1v) is 7.74. The van der Waals surface area contributed by atoms with Gasteiger partial charge in [0.25, 0.3) is 0 Å². The van der Waals surface area contributed by atoms with Gasteiger partial charge in [-0.25, -0.2) is 15.0 Å². The van der Waals surface area contributed by atoms with Gasteiger partial charge in [0.15, 0.2) is 0 Å². The SMILES string of the molecule is Cc1ccc(-c2cnc(N)c3cnc(NC(C)(C)C)nc23)cc1O. The van der Waals surface area contributed by atoms with E-state index in [2.05, 4.69) is 20.3 Å². The molecule has 0 aliphatic carbocycles. The fourth-order valence-corrected chi connectivity index (χ4v) is 2.42. The van der Waals surface area contributed by atoms with Gasteiger partial charge in [-0.1, -0.05) is 12.1 Å². The smallest absolute Gasteiger partial charge is 0.223 e. The van der Waals surface area contributed by atoms with Gasteiger partial charge in [-0.2, -0.15) is 0 Å². The van der Waals surface area contributed by atoms with Crippen molar-refractivity contribution in [3.05, 3.63) is 36.2 Å². The van der Waals surface area contributed by atoms with Crippen molar-refractivity contribution in [1.29, 1.82) is 0 Å². The van der Waals surface area contributed by atoms with Crippen molar-refractivity contribution >= 4 is 22.7 Å². The molecule has 0 aliphatic rings. The molecule has 124 valence electrons. The third kappa shape index (κ3) is 3.08. The Kier molecular flexibility index (Phi) is 3.75. The average molecular weight is 323 g/mol. The van der Waals surface area contributed by atoms with Crippen LogP contribution in [0, 0.1) is 6.92 Å². The van der Waals surface area contributed by atoms with Gasteiger partial charge in [0.2, 0.25) is 5.95 Å². The minimum Gasteiger partial charge on any atom is -0.508 e. The normalized spacial score (nSPS) is 11.7. The van der Waals surface area contributed by atoms with Gasteiger partial charge in [0, 0.05) is 23.5 Å². The minimum absolute atomic E-state index is 0.158. The molecule has 0 atom stereocenters. The molecule has 0 amide bonds. The molecule has 0 fully saturated rings. The number of nitrogens with zero attached hydrogens (tertiary/aromatic N) is 3. The number of hydrogen-bond acceptors (Lipinski definition) is 6. The molecule has 2 aromatic heterocycles. The van der Waals surface area contributed by atoms with Crippen LogP contribution in [0.2, 0.25) is 0 Å². The molecule has 0 radical (unpaired) electrons. The number of benzene rings is 1. The lowest BCUT2D eigenvalue weighted by Crippen LogP contribution is -2.27. The van der Waals surface area contributed by atoms with E-state index in [1.165, 1.54) is 0 Å². The molecule has 6 nitrogen and oxygen atoms in total. The number of nitrogens with two attached hydrogens (primary N) is 1. The number of aryl methyl sites for hydroxylation is 1. The van der Waals surface area contributed by atoms with Crippen LogP contribution in [-0.4, -0.2) is 25.6 Å². The quantitative estimate of drug-likeness (QED) is 0.668. The lowest BCUT2D eigenvalue weighted by molar-refractivity contribution is 0.471. The Morgan fingerprint density at radius 1 is 1.12 bits per heavy atom. The maximum Gasteiger partial charge on any atom is 0.223 e. The summed E-state index contributed by atoms with van der Waals surface area (Å²) in [5.74, 6) is 1.14. The maximum absolute atomic E-state index is 10.0. The molecule has 2 heterocycles. The molecule has 1 aromatic carbocycles. The van der Waals surface area contributed by atoms with Crippen LogP contribution in [0.1, 0.15) is 26.3 Å². The van der Waals surface area contributed by atoms with E-state index in [9.17, 15) is 5.11 Å². The number of hydrogen-bond donors (Lipinski definition) is 3. The van der Waals surface area contributed by atoms with Gasteiger partial charge in [-0.15, -0.1) is 0 Å². The summed E-state index contributed by atoms with van der Waals surface area (Å²) in [7, 11) is 0. The number of fused-ring (bicyclic) bond motifs is 1. The third-order valence-electron chi connectivity index (χ3n) is 3.66. The molecule has 4 N–H and O–H groups in total. The molecule has 0 aliphatic heterocycles. The minimum atomic E-state index is -0.158. The molecule has 3 rings (SSSR count). The van der Waals surface area contributed by atoms with Crippen LogP contribution in [0.5, 0.6) is 5.75 Å². The molecule has 0 spiro atoms. The van der Waals surface area contributed by atoms with E-state index in [1.54, 1.807) is 18.5 Å². The zero-order valence-electron chi connectivity index (χ0n) is 14.3. The number of phenols is 1. The van der Waals surface area contributed by atoms with E-state index in [-0.39, 0.29) is 11.3 Å². The number of phenolic OH excluding ortho intramolecular Hbond substituents is 1. The molecule has 6 heteroatoms. The number of nitrogen functional groups attached to an aromatic ring is 1. The standard InChI is InChI=1S/C18H21N5O/c1-10-5-6-11(7-14(10)24)12-8-20-16(19)13-9-21-17(22-15(12)13)23-18(2,3)4/h5-9,24H,1-4H3,(H2,19,20)(H,21,22,23). The predicted molar refractivity (Wildman–Crippen MR) is 97.0 cm³/mol.